The van der Waals surface area contributed by atoms with Gasteiger partial charge in [0.15, 0.2) is 0 Å². The highest BCUT2D eigenvalue weighted by molar-refractivity contribution is 6.10. The number of para-hydroxylation sites is 1. The van der Waals surface area contributed by atoms with Gasteiger partial charge in [-0.15, -0.1) is 0 Å². The van der Waals surface area contributed by atoms with E-state index in [1.165, 1.54) is 11.3 Å². The zero-order valence-corrected chi connectivity index (χ0v) is 16.6. The van der Waals surface area contributed by atoms with Crippen LogP contribution in [0.4, 0.5) is 5.69 Å². The Morgan fingerprint density at radius 2 is 1.71 bits per heavy atom. The standard InChI is InChI=1S/C23H28N2O3/c1-3-28-19-15-13-17(14-16-19)23(27)25(2)21-12-8-7-11-20(21)22(26)24-18-9-5-4-6-10-18/h7-8,11-16,18H,3-6,9-10H2,1-2H3,(H,24,26). The number of nitrogens with zero attached hydrogens (tertiary/aromatic N) is 1. The Balaban J connectivity index is 1.76. The number of nitrogens with one attached hydrogen (secondary N) is 1. The predicted molar refractivity (Wildman–Crippen MR) is 111 cm³/mol. The number of carbonyl (C=O) groups is 2. The Morgan fingerprint density at radius 3 is 2.39 bits per heavy atom. The van der Waals surface area contributed by atoms with E-state index in [1.54, 1.807) is 37.4 Å². The molecule has 28 heavy (non-hydrogen) atoms. The summed E-state index contributed by atoms with van der Waals surface area (Å²) in [5.74, 6) is 0.448. The van der Waals surface area contributed by atoms with E-state index in [9.17, 15) is 9.59 Å². The molecule has 0 aromatic heterocycles. The van der Waals surface area contributed by atoms with Gasteiger partial charge in [0.25, 0.3) is 11.8 Å². The van der Waals surface area contributed by atoms with Crippen molar-refractivity contribution in [3.63, 3.8) is 0 Å². The summed E-state index contributed by atoms with van der Waals surface area (Å²) in [6.45, 7) is 2.50. The van der Waals surface area contributed by atoms with Gasteiger partial charge < -0.3 is 15.0 Å². The second-order valence-electron chi connectivity index (χ2n) is 7.15. The highest BCUT2D eigenvalue weighted by Crippen LogP contribution is 2.24. The number of hydrogen-bond acceptors (Lipinski definition) is 3. The molecule has 0 atom stereocenters. The highest BCUT2D eigenvalue weighted by Gasteiger charge is 2.22. The van der Waals surface area contributed by atoms with Crippen molar-refractivity contribution in [2.75, 3.05) is 18.6 Å². The average molecular weight is 380 g/mol. The summed E-state index contributed by atoms with van der Waals surface area (Å²) in [5.41, 5.74) is 1.68. The van der Waals surface area contributed by atoms with E-state index in [4.69, 9.17) is 4.74 Å². The third-order valence-electron chi connectivity index (χ3n) is 5.17. The maximum Gasteiger partial charge on any atom is 0.258 e. The van der Waals surface area contributed by atoms with Crippen LogP contribution in [0.5, 0.6) is 5.75 Å². The molecule has 2 aromatic rings. The number of carbonyl (C=O) groups excluding carboxylic acids is 2. The third-order valence-corrected chi connectivity index (χ3v) is 5.17. The van der Waals surface area contributed by atoms with E-state index >= 15 is 0 Å². The molecule has 0 unspecified atom stereocenters. The van der Waals surface area contributed by atoms with Crippen molar-refractivity contribution < 1.29 is 14.3 Å². The number of ether oxygens (including phenoxy) is 1. The van der Waals surface area contributed by atoms with Crippen LogP contribution in [0.15, 0.2) is 48.5 Å². The van der Waals surface area contributed by atoms with E-state index in [1.807, 2.05) is 25.1 Å². The summed E-state index contributed by atoms with van der Waals surface area (Å²) >= 11 is 0. The molecule has 0 spiro atoms. The molecule has 0 heterocycles. The largest absolute Gasteiger partial charge is 0.494 e. The van der Waals surface area contributed by atoms with Gasteiger partial charge in [0.1, 0.15) is 5.75 Å². The van der Waals surface area contributed by atoms with Gasteiger partial charge in [0, 0.05) is 18.7 Å². The van der Waals surface area contributed by atoms with Crippen LogP contribution in [0.1, 0.15) is 59.7 Å². The number of rotatable bonds is 6. The zero-order valence-electron chi connectivity index (χ0n) is 16.6. The maximum absolute atomic E-state index is 12.9. The van der Waals surface area contributed by atoms with Crippen molar-refractivity contribution in [1.82, 2.24) is 5.32 Å². The Bertz CT molecular complexity index is 811. The average Bonchev–Trinajstić information content (AvgIpc) is 2.74. The van der Waals surface area contributed by atoms with Crippen molar-refractivity contribution in [1.29, 1.82) is 0 Å². The summed E-state index contributed by atoms with van der Waals surface area (Å²) in [4.78, 5) is 27.3. The first kappa shape index (κ1) is 19.9. The van der Waals surface area contributed by atoms with Gasteiger partial charge >= 0.3 is 0 Å². The lowest BCUT2D eigenvalue weighted by Crippen LogP contribution is -2.37. The fourth-order valence-electron chi connectivity index (χ4n) is 3.63. The van der Waals surface area contributed by atoms with E-state index in [-0.39, 0.29) is 17.9 Å². The molecular formula is C23H28N2O3. The van der Waals surface area contributed by atoms with Gasteiger partial charge in [-0.25, -0.2) is 0 Å². The Hall–Kier alpha value is -2.82. The fraction of sp³-hybridized carbons (Fsp3) is 0.391. The van der Waals surface area contributed by atoms with E-state index < -0.39 is 0 Å². The van der Waals surface area contributed by atoms with Gasteiger partial charge in [-0.2, -0.15) is 0 Å². The van der Waals surface area contributed by atoms with Crippen LogP contribution in [0.25, 0.3) is 0 Å². The van der Waals surface area contributed by atoms with E-state index in [2.05, 4.69) is 5.32 Å². The topological polar surface area (TPSA) is 58.6 Å². The summed E-state index contributed by atoms with van der Waals surface area (Å²) in [6.07, 6.45) is 5.59. The molecule has 0 aliphatic heterocycles. The van der Waals surface area contributed by atoms with Crippen LogP contribution >= 0.6 is 0 Å². The highest BCUT2D eigenvalue weighted by atomic mass is 16.5. The molecule has 0 saturated heterocycles. The van der Waals surface area contributed by atoms with Crippen LogP contribution in [0.3, 0.4) is 0 Å². The van der Waals surface area contributed by atoms with Crippen molar-refractivity contribution in [3.8, 4) is 5.75 Å². The molecule has 3 rings (SSSR count). The minimum absolute atomic E-state index is 0.117. The first-order valence-electron chi connectivity index (χ1n) is 10.0. The van der Waals surface area contributed by atoms with Gasteiger partial charge in [0.05, 0.1) is 17.9 Å². The molecule has 0 bridgehead atoms. The quantitative estimate of drug-likeness (QED) is 0.807. The van der Waals surface area contributed by atoms with Crippen LogP contribution < -0.4 is 15.0 Å². The molecule has 5 heteroatoms. The van der Waals surface area contributed by atoms with E-state index in [0.29, 0.717) is 23.4 Å². The van der Waals surface area contributed by atoms with Gasteiger partial charge in [-0.3, -0.25) is 9.59 Å². The van der Waals surface area contributed by atoms with Crippen molar-refractivity contribution >= 4 is 17.5 Å². The summed E-state index contributed by atoms with van der Waals surface area (Å²) in [5, 5.41) is 3.14. The molecular weight excluding hydrogens is 352 g/mol. The Kier molecular flexibility index (Phi) is 6.69. The Morgan fingerprint density at radius 1 is 1.04 bits per heavy atom. The zero-order chi connectivity index (χ0) is 19.9. The summed E-state index contributed by atoms with van der Waals surface area (Å²) in [7, 11) is 1.70. The number of hydrogen-bond donors (Lipinski definition) is 1. The minimum Gasteiger partial charge on any atom is -0.494 e. The second kappa shape index (κ2) is 9.40. The van der Waals surface area contributed by atoms with Crippen LogP contribution in [-0.2, 0) is 0 Å². The molecule has 1 N–H and O–H groups in total. The predicted octanol–water partition coefficient (Wildman–Crippen LogP) is 4.42. The Labute approximate surface area is 166 Å². The van der Waals surface area contributed by atoms with Crippen molar-refractivity contribution in [2.24, 2.45) is 0 Å². The van der Waals surface area contributed by atoms with Crippen molar-refractivity contribution in [2.45, 2.75) is 45.1 Å². The second-order valence-corrected chi connectivity index (χ2v) is 7.15. The van der Waals surface area contributed by atoms with Gasteiger partial charge in [-0.05, 0) is 56.2 Å². The number of benzene rings is 2. The van der Waals surface area contributed by atoms with Crippen LogP contribution in [0, 0.1) is 0 Å². The molecule has 1 fully saturated rings. The van der Waals surface area contributed by atoms with Gasteiger partial charge in [-0.1, -0.05) is 31.4 Å². The lowest BCUT2D eigenvalue weighted by Gasteiger charge is -2.25. The normalized spacial score (nSPS) is 14.4. The molecule has 1 saturated carbocycles. The van der Waals surface area contributed by atoms with Gasteiger partial charge in [0.2, 0.25) is 0 Å². The maximum atomic E-state index is 12.9. The fourth-order valence-corrected chi connectivity index (χ4v) is 3.63. The molecule has 1 aliphatic rings. The number of amides is 2. The first-order chi connectivity index (χ1) is 13.6. The minimum atomic E-state index is -0.166. The van der Waals surface area contributed by atoms with Crippen LogP contribution in [0.2, 0.25) is 0 Å². The lowest BCUT2D eigenvalue weighted by molar-refractivity contribution is 0.0928. The molecule has 2 aromatic carbocycles. The first-order valence-corrected chi connectivity index (χ1v) is 10.0. The molecule has 5 nitrogen and oxygen atoms in total. The SMILES string of the molecule is CCOc1ccc(C(=O)N(C)c2ccccc2C(=O)NC2CCCCC2)cc1. The van der Waals surface area contributed by atoms with Crippen molar-refractivity contribution in [3.05, 3.63) is 59.7 Å². The summed E-state index contributed by atoms with van der Waals surface area (Å²) in [6, 6.07) is 14.5. The number of anilines is 1. The lowest BCUT2D eigenvalue weighted by atomic mass is 9.95. The van der Waals surface area contributed by atoms with Crippen LogP contribution in [-0.4, -0.2) is 31.5 Å². The molecule has 1 aliphatic carbocycles. The molecule has 0 radical (unpaired) electrons. The smallest absolute Gasteiger partial charge is 0.258 e. The summed E-state index contributed by atoms with van der Waals surface area (Å²) < 4.78 is 5.43. The third kappa shape index (κ3) is 4.71. The van der Waals surface area contributed by atoms with E-state index in [0.717, 1.165) is 31.4 Å². The molecule has 2 amide bonds. The monoisotopic (exact) mass is 380 g/mol. The molecule has 148 valence electrons.